The van der Waals surface area contributed by atoms with E-state index in [0.717, 1.165) is 32.6 Å². The topological polar surface area (TPSA) is 58.4 Å². The molecule has 1 aliphatic rings. The Kier molecular flexibility index (Phi) is 3.78. The van der Waals surface area contributed by atoms with Crippen LogP contribution in [0.2, 0.25) is 0 Å². The highest BCUT2D eigenvalue weighted by Crippen LogP contribution is 2.14. The second kappa shape index (κ2) is 5.31. The number of nitrogens with zero attached hydrogens (tertiary/aromatic N) is 2. The average molecular weight is 237 g/mol. The molecule has 1 saturated heterocycles. The lowest BCUT2D eigenvalue weighted by atomic mass is 10.1. The van der Waals surface area contributed by atoms with Gasteiger partial charge in [-0.05, 0) is 19.4 Å². The quantitative estimate of drug-likeness (QED) is 0.835. The van der Waals surface area contributed by atoms with Crippen molar-refractivity contribution >= 4 is 5.91 Å². The Morgan fingerprint density at radius 3 is 3.18 bits per heavy atom. The number of aryl methyl sites for hydroxylation is 1. The number of rotatable bonds is 2. The number of aromatic nitrogens is 1. The van der Waals surface area contributed by atoms with Gasteiger partial charge in [0, 0.05) is 19.6 Å². The van der Waals surface area contributed by atoms with E-state index in [1.807, 2.05) is 4.90 Å². The van der Waals surface area contributed by atoms with E-state index < -0.39 is 0 Å². The second-order valence-electron chi connectivity index (χ2n) is 4.53. The van der Waals surface area contributed by atoms with Crippen molar-refractivity contribution < 1.29 is 9.32 Å². The Labute approximate surface area is 101 Å². The molecule has 0 bridgehead atoms. The number of nitrogens with one attached hydrogen (secondary N) is 1. The van der Waals surface area contributed by atoms with E-state index in [1.165, 1.54) is 6.20 Å². The number of amides is 1. The van der Waals surface area contributed by atoms with Gasteiger partial charge in [-0.25, -0.2) is 0 Å². The molecule has 1 unspecified atom stereocenters. The summed E-state index contributed by atoms with van der Waals surface area (Å²) in [4.78, 5) is 14.2. The predicted molar refractivity (Wildman–Crippen MR) is 63.8 cm³/mol. The maximum atomic E-state index is 12.3. The number of carbonyl (C=O) groups is 1. The van der Waals surface area contributed by atoms with Crippen LogP contribution in [0.25, 0.3) is 0 Å². The molecular weight excluding hydrogens is 218 g/mol. The van der Waals surface area contributed by atoms with Crippen LogP contribution in [0.1, 0.15) is 29.5 Å². The van der Waals surface area contributed by atoms with Crippen LogP contribution in [0.4, 0.5) is 0 Å². The lowest BCUT2D eigenvalue weighted by Crippen LogP contribution is -2.36. The molecule has 0 aliphatic carbocycles. The first-order valence-corrected chi connectivity index (χ1v) is 6.13. The summed E-state index contributed by atoms with van der Waals surface area (Å²) in [6.07, 6.45) is 2.59. The van der Waals surface area contributed by atoms with Crippen LogP contribution < -0.4 is 5.32 Å². The van der Waals surface area contributed by atoms with E-state index in [1.54, 1.807) is 6.92 Å². The summed E-state index contributed by atoms with van der Waals surface area (Å²) >= 11 is 0. The molecular formula is C12H19N3O2. The zero-order valence-electron chi connectivity index (χ0n) is 10.4. The summed E-state index contributed by atoms with van der Waals surface area (Å²) in [5.41, 5.74) is 0.585. The molecule has 1 aromatic rings. The zero-order chi connectivity index (χ0) is 12.3. The van der Waals surface area contributed by atoms with Crippen molar-refractivity contribution in [2.75, 3.05) is 26.2 Å². The molecule has 0 spiro atoms. The molecule has 94 valence electrons. The van der Waals surface area contributed by atoms with Gasteiger partial charge in [0.2, 0.25) is 0 Å². The van der Waals surface area contributed by atoms with Crippen molar-refractivity contribution in [1.29, 1.82) is 0 Å². The van der Waals surface area contributed by atoms with Crippen LogP contribution in [0.15, 0.2) is 10.7 Å². The van der Waals surface area contributed by atoms with Crippen LogP contribution in [-0.4, -0.2) is 42.1 Å². The Bertz CT molecular complexity index is 389. The van der Waals surface area contributed by atoms with Crippen LogP contribution >= 0.6 is 0 Å². The highest BCUT2D eigenvalue weighted by Gasteiger charge is 2.24. The van der Waals surface area contributed by atoms with Gasteiger partial charge in [-0.15, -0.1) is 0 Å². The molecule has 17 heavy (non-hydrogen) atoms. The molecule has 5 nitrogen and oxygen atoms in total. The molecule has 1 N–H and O–H groups in total. The van der Waals surface area contributed by atoms with Crippen LogP contribution in [0.3, 0.4) is 0 Å². The Morgan fingerprint density at radius 1 is 1.71 bits per heavy atom. The lowest BCUT2D eigenvalue weighted by molar-refractivity contribution is 0.0745. The van der Waals surface area contributed by atoms with Gasteiger partial charge in [0.15, 0.2) is 0 Å². The molecule has 2 heterocycles. The van der Waals surface area contributed by atoms with Crippen molar-refractivity contribution in [1.82, 2.24) is 15.4 Å². The van der Waals surface area contributed by atoms with Crippen molar-refractivity contribution in [3.63, 3.8) is 0 Å². The van der Waals surface area contributed by atoms with Crippen LogP contribution in [-0.2, 0) is 0 Å². The molecule has 5 heteroatoms. The fourth-order valence-corrected chi connectivity index (χ4v) is 2.12. The Balaban J connectivity index is 2.10. The summed E-state index contributed by atoms with van der Waals surface area (Å²) in [7, 11) is 0. The summed E-state index contributed by atoms with van der Waals surface area (Å²) in [5.74, 6) is 1.16. The summed E-state index contributed by atoms with van der Waals surface area (Å²) in [6, 6.07) is 0. The minimum atomic E-state index is 0.0332. The maximum absolute atomic E-state index is 12.3. The fourth-order valence-electron chi connectivity index (χ4n) is 2.12. The number of hydrogen-bond acceptors (Lipinski definition) is 4. The van der Waals surface area contributed by atoms with E-state index in [2.05, 4.69) is 17.4 Å². The molecule has 0 radical (unpaired) electrons. The summed E-state index contributed by atoms with van der Waals surface area (Å²) in [6.45, 7) is 7.33. The highest BCUT2D eigenvalue weighted by atomic mass is 16.5. The molecule has 1 atom stereocenters. The first-order valence-electron chi connectivity index (χ1n) is 6.13. The zero-order valence-corrected chi connectivity index (χ0v) is 10.4. The van der Waals surface area contributed by atoms with Gasteiger partial charge < -0.3 is 14.7 Å². The SMILES string of the molecule is CCC1CNCCN(C(=O)c2cnoc2C)C1. The third kappa shape index (κ3) is 2.66. The highest BCUT2D eigenvalue weighted by molar-refractivity contribution is 5.94. The lowest BCUT2D eigenvalue weighted by Gasteiger charge is -2.22. The second-order valence-corrected chi connectivity index (χ2v) is 4.53. The Hall–Kier alpha value is -1.36. The largest absolute Gasteiger partial charge is 0.361 e. The van der Waals surface area contributed by atoms with Gasteiger partial charge in [-0.3, -0.25) is 4.79 Å². The van der Waals surface area contributed by atoms with Gasteiger partial charge in [-0.1, -0.05) is 18.5 Å². The van der Waals surface area contributed by atoms with Gasteiger partial charge >= 0.3 is 0 Å². The third-order valence-corrected chi connectivity index (χ3v) is 3.32. The van der Waals surface area contributed by atoms with Crippen LogP contribution in [0.5, 0.6) is 0 Å². The molecule has 2 rings (SSSR count). The molecule has 0 aromatic carbocycles. The van der Waals surface area contributed by atoms with E-state index in [4.69, 9.17) is 4.52 Å². The van der Waals surface area contributed by atoms with E-state index in [0.29, 0.717) is 17.2 Å². The minimum Gasteiger partial charge on any atom is -0.361 e. The normalized spacial score (nSPS) is 21.3. The molecule has 1 fully saturated rings. The molecule has 1 aromatic heterocycles. The summed E-state index contributed by atoms with van der Waals surface area (Å²) in [5, 5.41) is 7.02. The van der Waals surface area contributed by atoms with Crippen molar-refractivity contribution in [3.05, 3.63) is 17.5 Å². The number of hydrogen-bond donors (Lipinski definition) is 1. The first-order chi connectivity index (χ1) is 8.22. The van der Waals surface area contributed by atoms with E-state index in [9.17, 15) is 4.79 Å². The van der Waals surface area contributed by atoms with Gasteiger partial charge in [-0.2, -0.15) is 0 Å². The van der Waals surface area contributed by atoms with E-state index >= 15 is 0 Å². The molecule has 1 aliphatic heterocycles. The predicted octanol–water partition coefficient (Wildman–Crippen LogP) is 1.05. The smallest absolute Gasteiger partial charge is 0.259 e. The van der Waals surface area contributed by atoms with Crippen molar-refractivity contribution in [2.45, 2.75) is 20.3 Å². The Morgan fingerprint density at radius 2 is 2.53 bits per heavy atom. The maximum Gasteiger partial charge on any atom is 0.259 e. The number of carbonyl (C=O) groups excluding carboxylic acids is 1. The van der Waals surface area contributed by atoms with Crippen molar-refractivity contribution in [3.8, 4) is 0 Å². The third-order valence-electron chi connectivity index (χ3n) is 3.32. The minimum absolute atomic E-state index is 0.0332. The monoisotopic (exact) mass is 237 g/mol. The van der Waals surface area contributed by atoms with Gasteiger partial charge in [0.1, 0.15) is 11.3 Å². The molecule has 1 amide bonds. The summed E-state index contributed by atoms with van der Waals surface area (Å²) < 4.78 is 4.95. The average Bonchev–Trinajstić information content (AvgIpc) is 2.63. The van der Waals surface area contributed by atoms with Gasteiger partial charge in [0.05, 0.1) is 6.20 Å². The van der Waals surface area contributed by atoms with E-state index in [-0.39, 0.29) is 5.91 Å². The standard InChI is InChI=1S/C12H19N3O2/c1-3-10-6-13-4-5-15(8-10)12(16)11-7-14-17-9(11)2/h7,10,13H,3-6,8H2,1-2H3. The molecule has 0 saturated carbocycles. The van der Waals surface area contributed by atoms with Gasteiger partial charge in [0.25, 0.3) is 5.91 Å². The fraction of sp³-hybridized carbons (Fsp3) is 0.667. The first kappa shape index (κ1) is 12.1. The van der Waals surface area contributed by atoms with Crippen LogP contribution in [0, 0.1) is 12.8 Å². The van der Waals surface area contributed by atoms with Crippen molar-refractivity contribution in [2.24, 2.45) is 5.92 Å².